The molecule has 0 saturated heterocycles. The van der Waals surface area contributed by atoms with Crippen molar-refractivity contribution in [1.29, 1.82) is 0 Å². The Labute approximate surface area is 124 Å². The standard InChI is InChI=1S/C15H19ClN4/c1-3-17-15-8-7-13(16)14(19-15)11-20(2)10-12-6-4-5-9-18-12/h4-9H,3,10-11H2,1-2H3,(H,17,19). The maximum absolute atomic E-state index is 6.21. The first-order valence-corrected chi connectivity index (χ1v) is 7.04. The van der Waals surface area contributed by atoms with Gasteiger partial charge in [-0.05, 0) is 38.2 Å². The maximum atomic E-state index is 6.21. The van der Waals surface area contributed by atoms with E-state index in [1.54, 1.807) is 6.20 Å². The van der Waals surface area contributed by atoms with Crippen LogP contribution in [0.4, 0.5) is 5.82 Å². The van der Waals surface area contributed by atoms with Gasteiger partial charge >= 0.3 is 0 Å². The Morgan fingerprint density at radius 2 is 2.05 bits per heavy atom. The summed E-state index contributed by atoms with van der Waals surface area (Å²) in [5.74, 6) is 0.859. The fourth-order valence-electron chi connectivity index (χ4n) is 1.95. The minimum Gasteiger partial charge on any atom is -0.370 e. The highest BCUT2D eigenvalue weighted by Gasteiger charge is 2.08. The number of nitrogens with zero attached hydrogens (tertiary/aromatic N) is 3. The number of nitrogens with one attached hydrogen (secondary N) is 1. The van der Waals surface area contributed by atoms with Crippen LogP contribution in [0.15, 0.2) is 36.5 Å². The molecule has 106 valence electrons. The van der Waals surface area contributed by atoms with Gasteiger partial charge in [-0.15, -0.1) is 0 Å². The van der Waals surface area contributed by atoms with Gasteiger partial charge in [-0.2, -0.15) is 0 Å². The number of hydrogen-bond acceptors (Lipinski definition) is 4. The van der Waals surface area contributed by atoms with E-state index in [0.717, 1.165) is 30.3 Å². The fourth-order valence-corrected chi connectivity index (χ4v) is 2.12. The van der Waals surface area contributed by atoms with Crippen LogP contribution in [-0.4, -0.2) is 28.5 Å². The summed E-state index contributed by atoms with van der Waals surface area (Å²) >= 11 is 6.21. The Morgan fingerprint density at radius 3 is 2.75 bits per heavy atom. The lowest BCUT2D eigenvalue weighted by Gasteiger charge is -2.17. The van der Waals surface area contributed by atoms with Gasteiger partial charge in [-0.25, -0.2) is 4.98 Å². The van der Waals surface area contributed by atoms with Crippen molar-refractivity contribution in [2.75, 3.05) is 18.9 Å². The molecular weight excluding hydrogens is 272 g/mol. The highest BCUT2D eigenvalue weighted by molar-refractivity contribution is 6.31. The molecule has 0 saturated carbocycles. The highest BCUT2D eigenvalue weighted by Crippen LogP contribution is 2.18. The minimum atomic E-state index is 0.689. The van der Waals surface area contributed by atoms with E-state index in [4.69, 9.17) is 11.6 Å². The Hall–Kier alpha value is -1.65. The van der Waals surface area contributed by atoms with Gasteiger partial charge in [0.05, 0.1) is 16.4 Å². The van der Waals surface area contributed by atoms with Crippen molar-refractivity contribution >= 4 is 17.4 Å². The summed E-state index contributed by atoms with van der Waals surface area (Å²) in [5, 5.41) is 3.89. The van der Waals surface area contributed by atoms with Gasteiger partial charge in [-0.3, -0.25) is 9.88 Å². The van der Waals surface area contributed by atoms with Crippen LogP contribution >= 0.6 is 11.6 Å². The summed E-state index contributed by atoms with van der Waals surface area (Å²) in [6, 6.07) is 9.71. The lowest BCUT2D eigenvalue weighted by Crippen LogP contribution is -2.19. The molecule has 0 bridgehead atoms. The molecule has 20 heavy (non-hydrogen) atoms. The molecule has 0 aromatic carbocycles. The number of pyridine rings is 2. The average Bonchev–Trinajstić information content (AvgIpc) is 2.44. The molecule has 0 radical (unpaired) electrons. The van der Waals surface area contributed by atoms with Gasteiger partial charge in [0, 0.05) is 25.8 Å². The number of hydrogen-bond donors (Lipinski definition) is 1. The third-order valence-corrected chi connectivity index (χ3v) is 3.20. The van der Waals surface area contributed by atoms with Crippen LogP contribution in [0.3, 0.4) is 0 Å². The van der Waals surface area contributed by atoms with Gasteiger partial charge in [0.1, 0.15) is 5.82 Å². The predicted molar refractivity (Wildman–Crippen MR) is 82.8 cm³/mol. The summed E-state index contributed by atoms with van der Waals surface area (Å²) < 4.78 is 0. The first-order chi connectivity index (χ1) is 9.69. The minimum absolute atomic E-state index is 0.689. The molecule has 0 aliphatic carbocycles. The molecule has 2 heterocycles. The van der Waals surface area contributed by atoms with Crippen molar-refractivity contribution in [3.8, 4) is 0 Å². The van der Waals surface area contributed by atoms with E-state index < -0.39 is 0 Å². The number of halogens is 1. The zero-order valence-electron chi connectivity index (χ0n) is 11.8. The van der Waals surface area contributed by atoms with Crippen LogP contribution in [0.1, 0.15) is 18.3 Å². The second-order valence-electron chi connectivity index (χ2n) is 4.65. The largest absolute Gasteiger partial charge is 0.370 e. The zero-order valence-corrected chi connectivity index (χ0v) is 12.6. The molecule has 0 spiro atoms. The van der Waals surface area contributed by atoms with Crippen molar-refractivity contribution < 1.29 is 0 Å². The van der Waals surface area contributed by atoms with E-state index in [0.29, 0.717) is 11.6 Å². The van der Waals surface area contributed by atoms with Crippen molar-refractivity contribution in [3.05, 3.63) is 52.9 Å². The van der Waals surface area contributed by atoms with Crippen LogP contribution in [0.25, 0.3) is 0 Å². The molecule has 0 aliphatic heterocycles. The Morgan fingerprint density at radius 1 is 1.20 bits per heavy atom. The number of aromatic nitrogens is 2. The van der Waals surface area contributed by atoms with E-state index >= 15 is 0 Å². The first kappa shape index (κ1) is 14.8. The van der Waals surface area contributed by atoms with Crippen LogP contribution in [-0.2, 0) is 13.1 Å². The van der Waals surface area contributed by atoms with Gasteiger partial charge < -0.3 is 5.32 Å². The third kappa shape index (κ3) is 4.18. The number of rotatable bonds is 6. The second-order valence-corrected chi connectivity index (χ2v) is 5.06. The molecule has 2 aromatic rings. The van der Waals surface area contributed by atoms with E-state index in [9.17, 15) is 0 Å². The normalized spacial score (nSPS) is 10.8. The van der Waals surface area contributed by atoms with Crippen molar-refractivity contribution in [2.24, 2.45) is 0 Å². The lowest BCUT2D eigenvalue weighted by atomic mass is 10.3. The summed E-state index contributed by atoms with van der Waals surface area (Å²) in [5.41, 5.74) is 1.91. The predicted octanol–water partition coefficient (Wildman–Crippen LogP) is 3.19. The monoisotopic (exact) mass is 290 g/mol. The first-order valence-electron chi connectivity index (χ1n) is 6.66. The van der Waals surface area contributed by atoms with E-state index in [2.05, 4.69) is 20.2 Å². The Bertz CT molecular complexity index is 545. The molecule has 2 aromatic heterocycles. The van der Waals surface area contributed by atoms with Crippen LogP contribution in [0.5, 0.6) is 0 Å². The highest BCUT2D eigenvalue weighted by atomic mass is 35.5. The molecule has 1 N–H and O–H groups in total. The van der Waals surface area contributed by atoms with E-state index in [1.165, 1.54) is 0 Å². The SMILES string of the molecule is CCNc1ccc(Cl)c(CN(C)Cc2ccccn2)n1. The Kier molecular flexibility index (Phi) is 5.32. The Balaban J connectivity index is 2.03. The van der Waals surface area contributed by atoms with Crippen molar-refractivity contribution in [3.63, 3.8) is 0 Å². The average molecular weight is 291 g/mol. The quantitative estimate of drug-likeness (QED) is 0.887. The molecule has 0 unspecified atom stereocenters. The summed E-state index contributed by atoms with van der Waals surface area (Å²) in [6.45, 7) is 4.35. The van der Waals surface area contributed by atoms with Gasteiger partial charge in [0.15, 0.2) is 0 Å². The van der Waals surface area contributed by atoms with Crippen molar-refractivity contribution in [2.45, 2.75) is 20.0 Å². The van der Waals surface area contributed by atoms with E-state index in [-0.39, 0.29) is 0 Å². The molecule has 0 aliphatic rings. The summed E-state index contributed by atoms with van der Waals surface area (Å²) in [4.78, 5) is 11.0. The van der Waals surface area contributed by atoms with Crippen LogP contribution in [0, 0.1) is 0 Å². The maximum Gasteiger partial charge on any atom is 0.126 e. The molecule has 0 fully saturated rings. The summed E-state index contributed by atoms with van der Waals surface area (Å²) in [7, 11) is 2.03. The zero-order chi connectivity index (χ0) is 14.4. The number of anilines is 1. The third-order valence-electron chi connectivity index (χ3n) is 2.85. The van der Waals surface area contributed by atoms with Crippen LogP contribution in [0.2, 0.25) is 5.02 Å². The second kappa shape index (κ2) is 7.22. The van der Waals surface area contributed by atoms with Gasteiger partial charge in [-0.1, -0.05) is 17.7 Å². The molecule has 2 rings (SSSR count). The summed E-state index contributed by atoms with van der Waals surface area (Å²) in [6.07, 6.45) is 1.81. The van der Waals surface area contributed by atoms with E-state index in [1.807, 2.05) is 44.3 Å². The van der Waals surface area contributed by atoms with Crippen molar-refractivity contribution in [1.82, 2.24) is 14.9 Å². The molecule has 0 amide bonds. The molecule has 4 nitrogen and oxygen atoms in total. The smallest absolute Gasteiger partial charge is 0.126 e. The fraction of sp³-hybridized carbons (Fsp3) is 0.333. The lowest BCUT2D eigenvalue weighted by molar-refractivity contribution is 0.311. The van der Waals surface area contributed by atoms with Gasteiger partial charge in [0.25, 0.3) is 0 Å². The topological polar surface area (TPSA) is 41.0 Å². The molecule has 5 heteroatoms. The van der Waals surface area contributed by atoms with Crippen LogP contribution < -0.4 is 5.32 Å². The molecular formula is C15H19ClN4. The van der Waals surface area contributed by atoms with Gasteiger partial charge in [0.2, 0.25) is 0 Å². The molecule has 0 atom stereocenters.